The maximum absolute atomic E-state index is 12.7. The second kappa shape index (κ2) is 12.7. The molecule has 46 heavy (non-hydrogen) atoms. The monoisotopic (exact) mass is 617 g/mol. The lowest BCUT2D eigenvalue weighted by Gasteiger charge is -2.31. The van der Waals surface area contributed by atoms with E-state index in [-0.39, 0.29) is 18.0 Å². The maximum atomic E-state index is 12.7. The molecule has 0 unspecified atom stereocenters. The molecular formula is C36H39N7O3. The molecular weight excluding hydrogens is 578 g/mol. The first-order chi connectivity index (χ1) is 22.5. The van der Waals surface area contributed by atoms with Gasteiger partial charge >= 0.3 is 0 Å². The van der Waals surface area contributed by atoms with E-state index < -0.39 is 0 Å². The number of primary amides is 1. The Morgan fingerprint density at radius 3 is 2.35 bits per heavy atom. The van der Waals surface area contributed by atoms with Crippen LogP contribution in [0.2, 0.25) is 0 Å². The van der Waals surface area contributed by atoms with Crippen LogP contribution in [0.15, 0.2) is 79.1 Å². The minimum Gasteiger partial charge on any atom is -0.497 e. The Morgan fingerprint density at radius 2 is 1.63 bits per heavy atom. The van der Waals surface area contributed by atoms with Gasteiger partial charge in [0.1, 0.15) is 17.3 Å². The summed E-state index contributed by atoms with van der Waals surface area (Å²) in [6.45, 7) is 1.25. The Kier molecular flexibility index (Phi) is 8.19. The van der Waals surface area contributed by atoms with E-state index >= 15 is 0 Å². The minimum absolute atomic E-state index is 0.224. The van der Waals surface area contributed by atoms with Crippen LogP contribution in [0, 0.1) is 0 Å². The number of nitrogens with zero attached hydrogens (tertiary/aromatic N) is 4. The van der Waals surface area contributed by atoms with Crippen LogP contribution in [0.4, 0.5) is 0 Å². The Balaban J connectivity index is 1.32. The van der Waals surface area contributed by atoms with Gasteiger partial charge in [-0.15, -0.1) is 10.2 Å². The number of amides is 1. The van der Waals surface area contributed by atoms with Gasteiger partial charge in [-0.2, -0.15) is 0 Å². The van der Waals surface area contributed by atoms with Crippen molar-refractivity contribution in [3.8, 4) is 11.5 Å². The van der Waals surface area contributed by atoms with Crippen molar-refractivity contribution >= 4 is 27.7 Å². The molecule has 0 bridgehead atoms. The molecule has 1 fully saturated rings. The number of carbonyl (C=O) groups is 1. The SMILES string of the molecule is COc1ccc(Cn2c(CCc3c[nH]c4ccccc34)nnc2[C@@H](Cc2c[nH]c3ccccc23)N2CCC[C@H]2C(N)=O)c(OC)c1. The Labute approximate surface area is 267 Å². The molecule has 7 rings (SSSR count). The van der Waals surface area contributed by atoms with Crippen LogP contribution in [-0.2, 0) is 30.6 Å². The standard InChI is InChI=1S/C36H39N7O3/c1-45-26-15-13-24(33(19-26)46-2)22-43-34(16-14-23-20-38-29-10-5-3-8-27(23)29)40-41-36(43)32(42-17-7-12-31(42)35(37)44)18-25-21-39-30-11-6-4-9-28(25)30/h3-6,8-11,13,15,19-21,31-32,38-39H,7,12,14,16-18,22H2,1-2H3,(H2,37,44)/t31-,32+/m0/s1. The fourth-order valence-electron chi connectivity index (χ4n) is 7.02. The summed E-state index contributed by atoms with van der Waals surface area (Å²) in [4.78, 5) is 21.8. The van der Waals surface area contributed by atoms with Crippen LogP contribution in [0.5, 0.6) is 11.5 Å². The van der Waals surface area contributed by atoms with E-state index in [9.17, 15) is 4.79 Å². The number of carbonyl (C=O) groups excluding carboxylic acids is 1. The molecule has 6 aromatic rings. The van der Waals surface area contributed by atoms with Crippen LogP contribution in [0.3, 0.4) is 0 Å². The average Bonchev–Trinajstić information content (AvgIpc) is 3.89. The first-order valence-corrected chi connectivity index (χ1v) is 15.8. The molecule has 1 aliphatic rings. The number of hydrogen-bond acceptors (Lipinski definition) is 6. The third-order valence-corrected chi connectivity index (χ3v) is 9.38. The number of aromatic nitrogens is 5. The third kappa shape index (κ3) is 5.60. The molecule has 4 N–H and O–H groups in total. The van der Waals surface area contributed by atoms with Crippen molar-refractivity contribution in [2.45, 2.75) is 50.7 Å². The highest BCUT2D eigenvalue weighted by Crippen LogP contribution is 2.35. The molecule has 3 aromatic heterocycles. The van der Waals surface area contributed by atoms with Crippen molar-refractivity contribution in [3.63, 3.8) is 0 Å². The number of nitrogens with two attached hydrogens (primary N) is 1. The number of likely N-dealkylation sites (tertiary alicyclic amines) is 1. The van der Waals surface area contributed by atoms with Crippen LogP contribution in [0.25, 0.3) is 21.8 Å². The van der Waals surface area contributed by atoms with Crippen molar-refractivity contribution in [3.05, 3.63) is 107 Å². The Morgan fingerprint density at radius 1 is 0.913 bits per heavy atom. The normalized spacial score (nSPS) is 15.9. The molecule has 2 atom stereocenters. The number of aryl methyl sites for hydroxylation is 2. The topological polar surface area (TPSA) is 127 Å². The molecule has 0 saturated carbocycles. The van der Waals surface area contributed by atoms with Gasteiger partial charge in [-0.3, -0.25) is 9.69 Å². The van der Waals surface area contributed by atoms with Crippen LogP contribution < -0.4 is 15.2 Å². The Bertz CT molecular complexity index is 1990. The van der Waals surface area contributed by atoms with Crippen LogP contribution in [0.1, 0.15) is 47.2 Å². The van der Waals surface area contributed by atoms with E-state index in [0.717, 1.165) is 76.5 Å². The average molecular weight is 618 g/mol. The highest BCUT2D eigenvalue weighted by Gasteiger charge is 2.38. The molecule has 10 nitrogen and oxygen atoms in total. The summed E-state index contributed by atoms with van der Waals surface area (Å²) in [5, 5.41) is 12.1. The fourth-order valence-corrected chi connectivity index (χ4v) is 7.02. The number of hydrogen-bond donors (Lipinski definition) is 3. The number of fused-ring (bicyclic) bond motifs is 2. The number of para-hydroxylation sites is 2. The molecule has 3 aromatic carbocycles. The summed E-state index contributed by atoms with van der Waals surface area (Å²) in [5.74, 6) is 2.83. The molecule has 4 heterocycles. The fraction of sp³-hybridized carbons (Fsp3) is 0.306. The van der Waals surface area contributed by atoms with Crippen molar-refractivity contribution in [2.24, 2.45) is 5.73 Å². The zero-order chi connectivity index (χ0) is 31.6. The second-order valence-corrected chi connectivity index (χ2v) is 12.0. The van der Waals surface area contributed by atoms with E-state index in [2.05, 4.69) is 68.2 Å². The van der Waals surface area contributed by atoms with Gasteiger partial charge in [-0.1, -0.05) is 36.4 Å². The quantitative estimate of drug-likeness (QED) is 0.171. The maximum Gasteiger partial charge on any atom is 0.234 e. The summed E-state index contributed by atoms with van der Waals surface area (Å²) < 4.78 is 13.5. The van der Waals surface area contributed by atoms with Crippen LogP contribution >= 0.6 is 0 Å². The highest BCUT2D eigenvalue weighted by atomic mass is 16.5. The van der Waals surface area contributed by atoms with E-state index in [0.29, 0.717) is 19.4 Å². The number of ether oxygens (including phenoxy) is 2. The molecule has 1 saturated heterocycles. The molecule has 1 aliphatic heterocycles. The molecule has 1 amide bonds. The lowest BCUT2D eigenvalue weighted by molar-refractivity contribution is -0.123. The second-order valence-electron chi connectivity index (χ2n) is 12.0. The number of methoxy groups -OCH3 is 2. The smallest absolute Gasteiger partial charge is 0.234 e. The summed E-state index contributed by atoms with van der Waals surface area (Å²) in [7, 11) is 3.32. The van der Waals surface area contributed by atoms with Crippen molar-refractivity contribution in [1.29, 1.82) is 0 Å². The van der Waals surface area contributed by atoms with E-state index in [1.807, 2.05) is 30.3 Å². The lowest BCUT2D eigenvalue weighted by Crippen LogP contribution is -2.43. The third-order valence-electron chi connectivity index (χ3n) is 9.38. The molecule has 10 heteroatoms. The van der Waals surface area contributed by atoms with Crippen molar-refractivity contribution < 1.29 is 14.3 Å². The van der Waals surface area contributed by atoms with Gasteiger partial charge in [0, 0.05) is 52.3 Å². The van der Waals surface area contributed by atoms with E-state index in [4.69, 9.17) is 25.4 Å². The van der Waals surface area contributed by atoms with E-state index in [1.165, 1.54) is 10.9 Å². The van der Waals surface area contributed by atoms with Crippen LogP contribution in [-0.4, -0.2) is 62.3 Å². The molecule has 0 radical (unpaired) electrons. The van der Waals surface area contributed by atoms with Gasteiger partial charge in [-0.25, -0.2) is 0 Å². The zero-order valence-corrected chi connectivity index (χ0v) is 26.2. The predicted octanol–water partition coefficient (Wildman–Crippen LogP) is 5.32. The van der Waals surface area contributed by atoms with Gasteiger partial charge in [0.2, 0.25) is 5.91 Å². The summed E-state index contributed by atoms with van der Waals surface area (Å²) in [6.07, 6.45) is 7.90. The van der Waals surface area contributed by atoms with Crippen molar-refractivity contribution in [2.75, 3.05) is 20.8 Å². The number of aromatic amines is 2. The molecule has 0 spiro atoms. The first-order valence-electron chi connectivity index (χ1n) is 15.8. The first kappa shape index (κ1) is 29.6. The summed E-state index contributed by atoms with van der Waals surface area (Å²) >= 11 is 0. The van der Waals surface area contributed by atoms with Crippen molar-refractivity contribution in [1.82, 2.24) is 29.6 Å². The van der Waals surface area contributed by atoms with Gasteiger partial charge in [0.15, 0.2) is 5.82 Å². The largest absolute Gasteiger partial charge is 0.497 e. The van der Waals surface area contributed by atoms with Gasteiger partial charge in [0.25, 0.3) is 0 Å². The minimum atomic E-state index is -0.370. The summed E-state index contributed by atoms with van der Waals surface area (Å²) in [5.41, 5.74) is 11.6. The molecule has 0 aliphatic carbocycles. The summed E-state index contributed by atoms with van der Waals surface area (Å²) in [6, 6.07) is 21.9. The zero-order valence-electron chi connectivity index (χ0n) is 26.2. The van der Waals surface area contributed by atoms with Gasteiger partial charge < -0.3 is 29.7 Å². The molecule has 236 valence electrons. The number of benzene rings is 3. The lowest BCUT2D eigenvalue weighted by atomic mass is 10.0. The van der Waals surface area contributed by atoms with Gasteiger partial charge in [-0.05, 0) is 67.6 Å². The Hall–Kier alpha value is -5.09. The van der Waals surface area contributed by atoms with E-state index in [1.54, 1.807) is 14.2 Å². The number of H-pyrrole nitrogens is 2. The highest BCUT2D eigenvalue weighted by molar-refractivity contribution is 5.84. The number of rotatable bonds is 12. The number of nitrogens with one attached hydrogen (secondary N) is 2. The predicted molar refractivity (Wildman–Crippen MR) is 178 cm³/mol. The van der Waals surface area contributed by atoms with Gasteiger partial charge in [0.05, 0.1) is 32.8 Å².